The maximum atomic E-state index is 12.6. The molecule has 0 unspecified atom stereocenters. The molecule has 156 valence electrons. The van der Waals surface area contributed by atoms with Crippen LogP contribution in [0.4, 0.5) is 16.5 Å². The summed E-state index contributed by atoms with van der Waals surface area (Å²) in [6.45, 7) is 6.09. The zero-order chi connectivity index (χ0) is 22.0. The summed E-state index contributed by atoms with van der Waals surface area (Å²) < 4.78 is 0. The fourth-order valence-corrected chi connectivity index (χ4v) is 4.41. The highest BCUT2D eigenvalue weighted by molar-refractivity contribution is 7.16. The van der Waals surface area contributed by atoms with Gasteiger partial charge in [-0.2, -0.15) is 0 Å². The van der Waals surface area contributed by atoms with Crippen LogP contribution in [0.5, 0.6) is 0 Å². The molecule has 0 bridgehead atoms. The fourth-order valence-electron chi connectivity index (χ4n) is 3.39. The predicted octanol–water partition coefficient (Wildman–Crippen LogP) is 6.52. The van der Waals surface area contributed by atoms with E-state index in [-0.39, 0.29) is 22.3 Å². The third-order valence-corrected chi connectivity index (χ3v) is 6.30. The Hall–Kier alpha value is -3.16. The number of Topliss-reactive ketones (excluding diaryl/α,β-unsaturated/α-hetero) is 2. The lowest BCUT2D eigenvalue weighted by molar-refractivity contribution is 0.0990. The smallest absolute Gasteiger partial charge is 0.231 e. The number of fused-ring (bicyclic) bond motifs is 1. The lowest BCUT2D eigenvalue weighted by Crippen LogP contribution is -2.21. The van der Waals surface area contributed by atoms with Gasteiger partial charge in [0.1, 0.15) is 5.15 Å². The van der Waals surface area contributed by atoms with Gasteiger partial charge in [0, 0.05) is 29.9 Å². The summed E-state index contributed by atoms with van der Waals surface area (Å²) in [5.74, 6) is -0.608. The van der Waals surface area contributed by atoms with Crippen LogP contribution in [0.2, 0.25) is 5.15 Å². The molecule has 4 rings (SSSR count). The van der Waals surface area contributed by atoms with Gasteiger partial charge in [-0.15, -0.1) is 10.2 Å². The first-order valence-corrected chi connectivity index (χ1v) is 11.0. The largest absolute Gasteiger partial charge is 0.372 e. The molecule has 1 heterocycles. The summed E-state index contributed by atoms with van der Waals surface area (Å²) in [6, 6.07) is 14.6. The SMILES string of the molecule is CCN(CC)c1ccc(/N=N/c2nc(Cl)c(C=C3C(=O)c4ccccc4C3=O)s2)cc1. The molecular weight excluding hydrogens is 432 g/mol. The predicted molar refractivity (Wildman–Crippen MR) is 124 cm³/mol. The minimum atomic E-state index is -0.304. The molecule has 0 N–H and O–H groups in total. The molecule has 8 heteroatoms. The lowest BCUT2D eigenvalue weighted by Gasteiger charge is -2.20. The van der Waals surface area contributed by atoms with Gasteiger partial charge in [-0.1, -0.05) is 47.2 Å². The van der Waals surface area contributed by atoms with Crippen molar-refractivity contribution in [3.63, 3.8) is 0 Å². The van der Waals surface area contributed by atoms with E-state index in [0.29, 0.717) is 26.8 Å². The molecule has 0 aliphatic heterocycles. The quantitative estimate of drug-likeness (QED) is 0.243. The average molecular weight is 451 g/mol. The lowest BCUT2D eigenvalue weighted by atomic mass is 10.1. The van der Waals surface area contributed by atoms with Crippen molar-refractivity contribution in [1.29, 1.82) is 0 Å². The van der Waals surface area contributed by atoms with Crippen LogP contribution in [-0.2, 0) is 0 Å². The molecule has 1 aliphatic rings. The number of carbonyl (C=O) groups is 2. The summed E-state index contributed by atoms with van der Waals surface area (Å²) in [4.78, 5) is 32.1. The first-order valence-electron chi connectivity index (χ1n) is 9.85. The highest BCUT2D eigenvalue weighted by atomic mass is 35.5. The first-order chi connectivity index (χ1) is 15.0. The maximum absolute atomic E-state index is 12.6. The zero-order valence-corrected chi connectivity index (χ0v) is 18.6. The Morgan fingerprint density at radius 1 is 0.968 bits per heavy atom. The molecule has 0 saturated carbocycles. The van der Waals surface area contributed by atoms with Gasteiger partial charge in [-0.05, 0) is 44.2 Å². The Kier molecular flexibility index (Phi) is 6.06. The number of azo groups is 1. The summed E-state index contributed by atoms with van der Waals surface area (Å²) in [5.41, 5.74) is 2.72. The summed E-state index contributed by atoms with van der Waals surface area (Å²) in [5, 5.41) is 8.91. The summed E-state index contributed by atoms with van der Waals surface area (Å²) in [6.07, 6.45) is 1.49. The first kappa shape index (κ1) is 21.1. The second-order valence-electron chi connectivity index (χ2n) is 6.80. The average Bonchev–Trinajstić information content (AvgIpc) is 3.26. The van der Waals surface area contributed by atoms with Gasteiger partial charge in [-0.25, -0.2) is 4.98 Å². The van der Waals surface area contributed by atoms with Crippen LogP contribution in [-0.4, -0.2) is 29.6 Å². The van der Waals surface area contributed by atoms with Crippen molar-refractivity contribution in [3.05, 3.63) is 75.3 Å². The number of ketones is 2. The summed E-state index contributed by atoms with van der Waals surface area (Å²) >= 11 is 7.40. The number of carbonyl (C=O) groups excluding carboxylic acids is 2. The topological polar surface area (TPSA) is 75.0 Å². The van der Waals surface area contributed by atoms with Crippen LogP contribution in [0.15, 0.2) is 64.3 Å². The number of thiazole rings is 1. The van der Waals surface area contributed by atoms with Gasteiger partial charge in [0.15, 0.2) is 11.6 Å². The van der Waals surface area contributed by atoms with Crippen LogP contribution in [0, 0.1) is 0 Å². The Labute approximate surface area is 188 Å². The van der Waals surface area contributed by atoms with E-state index in [2.05, 4.69) is 34.0 Å². The van der Waals surface area contributed by atoms with Gasteiger partial charge in [-0.3, -0.25) is 9.59 Å². The second-order valence-corrected chi connectivity index (χ2v) is 8.17. The molecule has 0 fully saturated rings. The van der Waals surface area contributed by atoms with Crippen LogP contribution in [0.1, 0.15) is 39.4 Å². The van der Waals surface area contributed by atoms with E-state index in [9.17, 15) is 9.59 Å². The van der Waals surface area contributed by atoms with Crippen LogP contribution < -0.4 is 4.90 Å². The number of rotatable bonds is 6. The van der Waals surface area contributed by atoms with E-state index in [1.54, 1.807) is 24.3 Å². The van der Waals surface area contributed by atoms with Crippen LogP contribution in [0.3, 0.4) is 0 Å². The molecule has 0 saturated heterocycles. The zero-order valence-electron chi connectivity index (χ0n) is 17.0. The van der Waals surface area contributed by atoms with E-state index in [0.717, 1.165) is 18.8 Å². The monoisotopic (exact) mass is 450 g/mol. The standard InChI is InChI=1S/C23H19ClN4O2S/c1-3-28(4-2)15-11-9-14(10-12-15)26-27-23-25-22(24)19(31-23)13-18-20(29)16-7-5-6-8-17(16)21(18)30/h5-13H,3-4H2,1-2H3/b27-26+. The van der Waals surface area contributed by atoms with Gasteiger partial charge in [0.25, 0.3) is 0 Å². The molecule has 3 aromatic rings. The highest BCUT2D eigenvalue weighted by Gasteiger charge is 2.33. The van der Waals surface area contributed by atoms with Crippen molar-refractivity contribution in [1.82, 2.24) is 4.98 Å². The molecule has 1 aliphatic carbocycles. The number of hydrogen-bond donors (Lipinski definition) is 0. The molecule has 31 heavy (non-hydrogen) atoms. The molecule has 1 aromatic heterocycles. The van der Waals surface area contributed by atoms with E-state index >= 15 is 0 Å². The molecule has 2 aromatic carbocycles. The van der Waals surface area contributed by atoms with Crippen molar-refractivity contribution < 1.29 is 9.59 Å². The number of hydrogen-bond acceptors (Lipinski definition) is 7. The third kappa shape index (κ3) is 4.19. The molecule has 0 atom stereocenters. The Morgan fingerprint density at radius 3 is 2.16 bits per heavy atom. The molecule has 0 amide bonds. The molecular formula is C23H19ClN4O2S. The number of nitrogens with zero attached hydrogens (tertiary/aromatic N) is 4. The highest BCUT2D eigenvalue weighted by Crippen LogP contribution is 2.35. The van der Waals surface area contributed by atoms with Gasteiger partial charge >= 0.3 is 0 Å². The van der Waals surface area contributed by atoms with Crippen molar-refractivity contribution in [3.8, 4) is 0 Å². The minimum Gasteiger partial charge on any atom is -0.372 e. The third-order valence-electron chi connectivity index (χ3n) is 5.01. The van der Waals surface area contributed by atoms with Gasteiger partial charge in [0.05, 0.1) is 16.1 Å². The van der Waals surface area contributed by atoms with E-state index in [1.165, 1.54) is 17.4 Å². The molecule has 0 radical (unpaired) electrons. The Morgan fingerprint density at radius 2 is 1.58 bits per heavy atom. The number of benzene rings is 2. The number of allylic oxidation sites excluding steroid dienone is 1. The summed E-state index contributed by atoms with van der Waals surface area (Å²) in [7, 11) is 0. The minimum absolute atomic E-state index is 0.0854. The van der Waals surface area contributed by atoms with Crippen molar-refractivity contribution >= 4 is 57.1 Å². The van der Waals surface area contributed by atoms with Gasteiger partial charge < -0.3 is 4.90 Å². The Bertz CT molecular complexity index is 1170. The normalized spacial score (nSPS) is 13.2. The maximum Gasteiger partial charge on any atom is 0.231 e. The van der Waals surface area contributed by atoms with E-state index < -0.39 is 0 Å². The second kappa shape index (κ2) is 8.91. The van der Waals surface area contributed by atoms with Crippen LogP contribution in [0.25, 0.3) is 6.08 Å². The van der Waals surface area contributed by atoms with Crippen LogP contribution >= 0.6 is 22.9 Å². The van der Waals surface area contributed by atoms with Crippen molar-refractivity contribution in [2.24, 2.45) is 10.2 Å². The number of aromatic nitrogens is 1. The van der Waals surface area contributed by atoms with E-state index in [1.807, 2.05) is 24.3 Å². The molecule has 0 spiro atoms. The van der Waals surface area contributed by atoms with E-state index in [4.69, 9.17) is 11.6 Å². The Balaban J connectivity index is 1.54. The fraction of sp³-hybridized carbons (Fsp3) is 0.174. The van der Waals surface area contributed by atoms with Gasteiger partial charge in [0.2, 0.25) is 5.13 Å². The number of anilines is 1. The number of halogens is 1. The van der Waals surface area contributed by atoms with Crippen molar-refractivity contribution in [2.45, 2.75) is 13.8 Å². The molecule has 6 nitrogen and oxygen atoms in total. The van der Waals surface area contributed by atoms with Crippen molar-refractivity contribution in [2.75, 3.05) is 18.0 Å².